The minimum Gasteiger partial charge on any atom is -0.507 e. The number of aliphatic hydroxyl groups excluding tert-OH is 1. The van der Waals surface area contributed by atoms with Crippen molar-refractivity contribution in [2.45, 2.75) is 26.8 Å². The molecule has 1 fully saturated rings. The van der Waals surface area contributed by atoms with E-state index in [1.807, 2.05) is 26.8 Å². The molecule has 1 amide bonds. The lowest BCUT2D eigenvalue weighted by Crippen LogP contribution is -2.29. The van der Waals surface area contributed by atoms with Gasteiger partial charge in [0.05, 0.1) is 30.9 Å². The number of ether oxygens (including phenoxy) is 2. The molecule has 1 unspecified atom stereocenters. The molecule has 174 valence electrons. The van der Waals surface area contributed by atoms with E-state index >= 15 is 0 Å². The number of pyridine rings is 1. The van der Waals surface area contributed by atoms with Gasteiger partial charge in [0.25, 0.3) is 11.7 Å². The van der Waals surface area contributed by atoms with E-state index in [0.717, 1.165) is 11.1 Å². The number of ketones is 1. The van der Waals surface area contributed by atoms with Crippen molar-refractivity contribution in [3.8, 4) is 11.5 Å². The topological polar surface area (TPSA) is 89.0 Å². The lowest BCUT2D eigenvalue weighted by atomic mass is 9.94. The van der Waals surface area contributed by atoms with Gasteiger partial charge in [0, 0.05) is 18.1 Å². The molecule has 2 heterocycles. The summed E-state index contributed by atoms with van der Waals surface area (Å²) in [6, 6.07) is 13.2. The maximum atomic E-state index is 13.3. The van der Waals surface area contributed by atoms with Crippen LogP contribution in [0.2, 0.25) is 0 Å². The molecule has 0 spiro atoms. The van der Waals surface area contributed by atoms with Crippen molar-refractivity contribution in [1.82, 2.24) is 4.98 Å². The highest BCUT2D eigenvalue weighted by Gasteiger charge is 2.47. The number of benzene rings is 2. The zero-order valence-corrected chi connectivity index (χ0v) is 19.5. The largest absolute Gasteiger partial charge is 0.507 e. The number of anilines is 1. The lowest BCUT2D eigenvalue weighted by molar-refractivity contribution is -0.132. The molecule has 1 saturated heterocycles. The van der Waals surface area contributed by atoms with Crippen molar-refractivity contribution in [1.29, 1.82) is 0 Å². The SMILES string of the molecule is CCOc1ccc(N2C(=O)C(=O)/C(=C(/O)c3cc(C)cc(C)c3OC)C2c2cccnc2)cc1. The van der Waals surface area contributed by atoms with Crippen molar-refractivity contribution >= 4 is 23.1 Å². The van der Waals surface area contributed by atoms with Crippen LogP contribution in [0.3, 0.4) is 0 Å². The third kappa shape index (κ3) is 4.01. The van der Waals surface area contributed by atoms with Crippen molar-refractivity contribution in [3.05, 3.63) is 88.8 Å². The molecular weight excluding hydrogens is 432 g/mol. The number of rotatable bonds is 6. The lowest BCUT2D eigenvalue weighted by Gasteiger charge is -2.25. The number of aromatic nitrogens is 1. The number of hydrogen-bond donors (Lipinski definition) is 1. The molecule has 1 aliphatic rings. The number of hydrogen-bond acceptors (Lipinski definition) is 6. The summed E-state index contributed by atoms with van der Waals surface area (Å²) in [6.07, 6.45) is 3.20. The number of carbonyl (C=O) groups is 2. The van der Waals surface area contributed by atoms with E-state index in [2.05, 4.69) is 4.98 Å². The molecule has 1 N–H and O–H groups in total. The second-order valence-electron chi connectivity index (χ2n) is 8.04. The predicted molar refractivity (Wildman–Crippen MR) is 129 cm³/mol. The molecule has 0 bridgehead atoms. The van der Waals surface area contributed by atoms with E-state index in [1.165, 1.54) is 12.0 Å². The molecule has 7 nitrogen and oxygen atoms in total. The highest BCUT2D eigenvalue weighted by molar-refractivity contribution is 6.51. The molecule has 1 aromatic heterocycles. The normalized spacial score (nSPS) is 17.2. The highest BCUT2D eigenvalue weighted by Crippen LogP contribution is 2.43. The van der Waals surface area contributed by atoms with Gasteiger partial charge in [0.15, 0.2) is 0 Å². The summed E-state index contributed by atoms with van der Waals surface area (Å²) in [5.74, 6) is -0.699. The van der Waals surface area contributed by atoms with Crippen LogP contribution in [-0.4, -0.2) is 35.5 Å². The molecule has 1 aliphatic heterocycles. The maximum Gasteiger partial charge on any atom is 0.300 e. The van der Waals surface area contributed by atoms with Crippen LogP contribution in [0.5, 0.6) is 11.5 Å². The van der Waals surface area contributed by atoms with Crippen LogP contribution in [0.4, 0.5) is 5.69 Å². The first-order chi connectivity index (χ1) is 16.4. The number of Topliss-reactive ketones (excluding diaryl/α,β-unsaturated/α-hetero) is 1. The Balaban J connectivity index is 1.94. The summed E-state index contributed by atoms with van der Waals surface area (Å²) in [7, 11) is 1.51. The van der Waals surface area contributed by atoms with Gasteiger partial charge >= 0.3 is 0 Å². The standard InChI is InChI=1S/C27H26N2O5/c1-5-34-20-10-8-19(9-11-20)29-23(18-7-6-12-28-15-18)22(25(31)27(29)32)24(30)21-14-16(2)13-17(3)26(21)33-4/h6-15,23,30H,5H2,1-4H3/b24-22+. The van der Waals surface area contributed by atoms with Crippen LogP contribution in [0.15, 0.2) is 66.5 Å². The minimum absolute atomic E-state index is 0.0183. The Hall–Kier alpha value is -4.13. The summed E-state index contributed by atoms with van der Waals surface area (Å²) >= 11 is 0. The molecular formula is C27H26N2O5. The third-order valence-corrected chi connectivity index (χ3v) is 5.75. The van der Waals surface area contributed by atoms with Crippen LogP contribution in [0.25, 0.3) is 5.76 Å². The van der Waals surface area contributed by atoms with Gasteiger partial charge in [-0.15, -0.1) is 0 Å². The molecule has 34 heavy (non-hydrogen) atoms. The first-order valence-corrected chi connectivity index (χ1v) is 11.0. The Bertz CT molecular complexity index is 1270. The van der Waals surface area contributed by atoms with Crippen LogP contribution in [0.1, 0.15) is 35.2 Å². The molecule has 1 atom stereocenters. The second kappa shape index (κ2) is 9.39. The van der Waals surface area contributed by atoms with Gasteiger partial charge in [-0.05, 0) is 73.9 Å². The van der Waals surface area contributed by atoms with Crippen LogP contribution >= 0.6 is 0 Å². The maximum absolute atomic E-state index is 13.3. The smallest absolute Gasteiger partial charge is 0.300 e. The molecule has 2 aromatic carbocycles. The van der Waals surface area contributed by atoms with Crippen molar-refractivity contribution in [3.63, 3.8) is 0 Å². The average Bonchev–Trinajstić information content (AvgIpc) is 3.10. The Labute approximate surface area is 198 Å². The molecule has 7 heteroatoms. The van der Waals surface area contributed by atoms with Crippen LogP contribution in [-0.2, 0) is 9.59 Å². The Morgan fingerprint density at radius 2 is 1.85 bits per heavy atom. The summed E-state index contributed by atoms with van der Waals surface area (Å²) in [4.78, 5) is 32.2. The third-order valence-electron chi connectivity index (χ3n) is 5.75. The second-order valence-corrected chi connectivity index (χ2v) is 8.04. The number of nitrogens with zero attached hydrogens (tertiary/aromatic N) is 2. The Morgan fingerprint density at radius 1 is 1.12 bits per heavy atom. The fraction of sp³-hybridized carbons (Fsp3) is 0.222. The first-order valence-electron chi connectivity index (χ1n) is 11.0. The Kier molecular flexibility index (Phi) is 6.36. The molecule has 4 rings (SSSR count). The summed E-state index contributed by atoms with van der Waals surface area (Å²) < 4.78 is 11.0. The van der Waals surface area contributed by atoms with E-state index in [-0.39, 0.29) is 11.3 Å². The number of aryl methyl sites for hydroxylation is 2. The molecule has 3 aromatic rings. The quantitative estimate of drug-likeness (QED) is 0.326. The minimum atomic E-state index is -0.864. The van der Waals surface area contributed by atoms with Gasteiger partial charge in [0.1, 0.15) is 17.3 Å². The van der Waals surface area contributed by atoms with Gasteiger partial charge in [-0.3, -0.25) is 19.5 Å². The zero-order valence-electron chi connectivity index (χ0n) is 19.5. The van der Waals surface area contributed by atoms with Gasteiger partial charge in [-0.2, -0.15) is 0 Å². The Morgan fingerprint density at radius 3 is 2.47 bits per heavy atom. The van der Waals surface area contributed by atoms with E-state index in [0.29, 0.717) is 34.9 Å². The summed E-state index contributed by atoms with van der Waals surface area (Å²) in [5, 5.41) is 11.4. The van der Waals surface area contributed by atoms with Crippen LogP contribution < -0.4 is 14.4 Å². The van der Waals surface area contributed by atoms with Gasteiger partial charge in [0.2, 0.25) is 0 Å². The fourth-order valence-corrected chi connectivity index (χ4v) is 4.37. The predicted octanol–water partition coefficient (Wildman–Crippen LogP) is 4.73. The summed E-state index contributed by atoms with van der Waals surface area (Å²) in [5.41, 5.74) is 3.14. The summed E-state index contributed by atoms with van der Waals surface area (Å²) in [6.45, 7) is 6.15. The van der Waals surface area contributed by atoms with E-state index in [4.69, 9.17) is 9.47 Å². The van der Waals surface area contributed by atoms with Gasteiger partial charge < -0.3 is 14.6 Å². The molecule has 0 saturated carbocycles. The van der Waals surface area contributed by atoms with Gasteiger partial charge in [-0.1, -0.05) is 12.1 Å². The van der Waals surface area contributed by atoms with Crippen molar-refractivity contribution in [2.75, 3.05) is 18.6 Å². The van der Waals surface area contributed by atoms with E-state index in [9.17, 15) is 14.7 Å². The monoisotopic (exact) mass is 458 g/mol. The molecule has 0 radical (unpaired) electrons. The number of amides is 1. The average molecular weight is 459 g/mol. The zero-order chi connectivity index (χ0) is 24.4. The van der Waals surface area contributed by atoms with Crippen molar-refractivity contribution in [2.24, 2.45) is 0 Å². The van der Waals surface area contributed by atoms with Crippen molar-refractivity contribution < 1.29 is 24.2 Å². The van der Waals surface area contributed by atoms with Crippen LogP contribution in [0, 0.1) is 13.8 Å². The number of aliphatic hydroxyl groups is 1. The fourth-order valence-electron chi connectivity index (χ4n) is 4.37. The van der Waals surface area contributed by atoms with Gasteiger partial charge in [-0.25, -0.2) is 0 Å². The number of methoxy groups -OCH3 is 1. The number of carbonyl (C=O) groups excluding carboxylic acids is 2. The highest BCUT2D eigenvalue weighted by atomic mass is 16.5. The van der Waals surface area contributed by atoms with E-state index < -0.39 is 17.7 Å². The molecule has 0 aliphatic carbocycles. The first kappa shape index (κ1) is 23.0. The van der Waals surface area contributed by atoms with E-state index in [1.54, 1.807) is 54.9 Å².